The number of hydrogen-bond donors (Lipinski definition) is 1. The van der Waals surface area contributed by atoms with Crippen molar-refractivity contribution in [3.63, 3.8) is 0 Å². The van der Waals surface area contributed by atoms with Crippen LogP contribution in [0.25, 0.3) is 0 Å². The second-order valence-electron chi connectivity index (χ2n) is 4.76. The molecular formula is C15H20N2O2S2. The van der Waals surface area contributed by atoms with Crippen LogP contribution in [0.4, 0.5) is 5.69 Å². The molecule has 1 N–H and O–H groups in total. The molecular weight excluding hydrogens is 304 g/mol. The van der Waals surface area contributed by atoms with Crippen LogP contribution in [0.1, 0.15) is 17.4 Å². The first-order valence-electron chi connectivity index (χ1n) is 6.80. The molecule has 0 aliphatic carbocycles. The molecule has 0 amide bonds. The van der Waals surface area contributed by atoms with Gasteiger partial charge in [-0.05, 0) is 36.5 Å². The molecule has 0 atom stereocenters. The summed E-state index contributed by atoms with van der Waals surface area (Å²) in [6.45, 7) is 5.24. The molecule has 6 heteroatoms. The normalized spacial score (nSPS) is 11.6. The van der Waals surface area contributed by atoms with E-state index in [4.69, 9.17) is 0 Å². The number of nitrogens with zero attached hydrogens (tertiary/aromatic N) is 1. The number of rotatable bonds is 6. The van der Waals surface area contributed by atoms with E-state index in [0.29, 0.717) is 17.1 Å². The molecule has 4 nitrogen and oxygen atoms in total. The van der Waals surface area contributed by atoms with Crippen molar-refractivity contribution >= 4 is 27.0 Å². The van der Waals surface area contributed by atoms with E-state index in [9.17, 15) is 8.42 Å². The number of aryl methyl sites for hydroxylation is 1. The average Bonchev–Trinajstić information content (AvgIpc) is 2.86. The first kappa shape index (κ1) is 16.0. The number of para-hydroxylation sites is 1. The Morgan fingerprint density at radius 2 is 1.90 bits per heavy atom. The Balaban J connectivity index is 2.42. The van der Waals surface area contributed by atoms with Crippen molar-refractivity contribution in [1.29, 1.82) is 0 Å². The number of sulfonamides is 1. The molecule has 21 heavy (non-hydrogen) atoms. The second-order valence-corrected chi connectivity index (χ2v) is 7.63. The fourth-order valence-electron chi connectivity index (χ4n) is 2.11. The van der Waals surface area contributed by atoms with E-state index < -0.39 is 10.0 Å². The highest BCUT2D eigenvalue weighted by molar-refractivity contribution is 7.93. The van der Waals surface area contributed by atoms with Crippen LogP contribution in [-0.2, 0) is 16.6 Å². The lowest BCUT2D eigenvalue weighted by molar-refractivity contribution is 0.592. The van der Waals surface area contributed by atoms with Crippen molar-refractivity contribution in [1.82, 2.24) is 5.32 Å². The summed E-state index contributed by atoms with van der Waals surface area (Å²) in [5.74, 6) is 0. The van der Waals surface area contributed by atoms with Gasteiger partial charge >= 0.3 is 0 Å². The standard InChI is InChI=1S/C15H20N2O2S2/c1-4-16-10-14-15(12(2)11-20-14)21(18,19)17(3)13-8-6-5-7-9-13/h5-9,11,16H,4,10H2,1-3H3. The minimum Gasteiger partial charge on any atom is -0.312 e. The summed E-state index contributed by atoms with van der Waals surface area (Å²) in [6.07, 6.45) is 0. The van der Waals surface area contributed by atoms with Crippen molar-refractivity contribution in [3.8, 4) is 0 Å². The van der Waals surface area contributed by atoms with Crippen LogP contribution in [0.2, 0.25) is 0 Å². The molecule has 1 aromatic heterocycles. The predicted octanol–water partition coefficient (Wildman–Crippen LogP) is 2.99. The van der Waals surface area contributed by atoms with Gasteiger partial charge < -0.3 is 5.32 Å². The summed E-state index contributed by atoms with van der Waals surface area (Å²) in [5.41, 5.74) is 1.47. The zero-order valence-corrected chi connectivity index (χ0v) is 14.1. The molecule has 0 saturated carbocycles. The number of thiophene rings is 1. The fourth-order valence-corrected chi connectivity index (χ4v) is 5.03. The maximum Gasteiger partial charge on any atom is 0.265 e. The van der Waals surface area contributed by atoms with Gasteiger partial charge in [-0.15, -0.1) is 11.3 Å². The van der Waals surface area contributed by atoms with Gasteiger partial charge in [0.15, 0.2) is 0 Å². The first-order valence-corrected chi connectivity index (χ1v) is 9.12. The summed E-state index contributed by atoms with van der Waals surface area (Å²) >= 11 is 1.49. The third-order valence-electron chi connectivity index (χ3n) is 3.26. The van der Waals surface area contributed by atoms with Gasteiger partial charge in [-0.1, -0.05) is 25.1 Å². The van der Waals surface area contributed by atoms with Gasteiger partial charge in [0.1, 0.15) is 4.90 Å². The van der Waals surface area contributed by atoms with Gasteiger partial charge in [0, 0.05) is 18.5 Å². The van der Waals surface area contributed by atoms with Crippen LogP contribution in [0.5, 0.6) is 0 Å². The molecule has 0 aliphatic rings. The lowest BCUT2D eigenvalue weighted by Crippen LogP contribution is -2.28. The molecule has 2 aromatic rings. The number of nitrogens with one attached hydrogen (secondary N) is 1. The molecule has 114 valence electrons. The van der Waals surface area contributed by atoms with Gasteiger partial charge in [0.25, 0.3) is 10.0 Å². The van der Waals surface area contributed by atoms with Crippen LogP contribution >= 0.6 is 11.3 Å². The topological polar surface area (TPSA) is 49.4 Å². The van der Waals surface area contributed by atoms with E-state index in [1.807, 2.05) is 37.4 Å². The van der Waals surface area contributed by atoms with Crippen LogP contribution in [-0.4, -0.2) is 22.0 Å². The smallest absolute Gasteiger partial charge is 0.265 e. The van der Waals surface area contributed by atoms with E-state index >= 15 is 0 Å². The highest BCUT2D eigenvalue weighted by Crippen LogP contribution is 2.31. The predicted molar refractivity (Wildman–Crippen MR) is 88.5 cm³/mol. The van der Waals surface area contributed by atoms with Gasteiger partial charge in [-0.2, -0.15) is 0 Å². The molecule has 0 unspecified atom stereocenters. The van der Waals surface area contributed by atoms with E-state index in [0.717, 1.165) is 17.0 Å². The van der Waals surface area contributed by atoms with Crippen LogP contribution in [0, 0.1) is 6.92 Å². The largest absolute Gasteiger partial charge is 0.312 e. The van der Waals surface area contributed by atoms with Gasteiger partial charge in [-0.3, -0.25) is 4.31 Å². The van der Waals surface area contributed by atoms with Crippen molar-refractivity contribution in [3.05, 3.63) is 46.2 Å². The molecule has 0 fully saturated rings. The SMILES string of the molecule is CCNCc1scc(C)c1S(=O)(=O)N(C)c1ccccc1. The second kappa shape index (κ2) is 6.60. The van der Waals surface area contributed by atoms with Crippen LogP contribution < -0.4 is 9.62 Å². The first-order chi connectivity index (χ1) is 9.98. The number of anilines is 1. The lowest BCUT2D eigenvalue weighted by Gasteiger charge is -2.20. The van der Waals surface area contributed by atoms with Gasteiger partial charge in [0.05, 0.1) is 5.69 Å². The maximum atomic E-state index is 12.9. The van der Waals surface area contributed by atoms with Gasteiger partial charge in [0.2, 0.25) is 0 Å². The lowest BCUT2D eigenvalue weighted by atomic mass is 10.3. The molecule has 0 bridgehead atoms. The minimum atomic E-state index is -3.54. The van der Waals surface area contributed by atoms with Crippen LogP contribution in [0.3, 0.4) is 0 Å². The fraction of sp³-hybridized carbons (Fsp3) is 0.333. The molecule has 0 spiro atoms. The Morgan fingerprint density at radius 3 is 2.52 bits per heavy atom. The summed E-state index contributed by atoms with van der Waals surface area (Å²) < 4.78 is 27.2. The molecule has 1 heterocycles. The quantitative estimate of drug-likeness (QED) is 0.888. The van der Waals surface area contributed by atoms with E-state index in [1.54, 1.807) is 19.2 Å². The molecule has 1 aromatic carbocycles. The van der Waals surface area contributed by atoms with Crippen molar-refractivity contribution in [2.24, 2.45) is 0 Å². The number of benzene rings is 1. The van der Waals surface area contributed by atoms with E-state index in [2.05, 4.69) is 5.32 Å². The summed E-state index contributed by atoms with van der Waals surface area (Å²) in [6, 6.07) is 9.13. The average molecular weight is 324 g/mol. The third-order valence-corrected chi connectivity index (χ3v) is 6.51. The highest BCUT2D eigenvalue weighted by Gasteiger charge is 2.27. The Morgan fingerprint density at radius 1 is 1.24 bits per heavy atom. The molecule has 0 radical (unpaired) electrons. The molecule has 0 saturated heterocycles. The Kier molecular flexibility index (Phi) is 5.03. The van der Waals surface area contributed by atoms with Crippen molar-refractivity contribution in [2.75, 3.05) is 17.9 Å². The summed E-state index contributed by atoms with van der Waals surface area (Å²) in [7, 11) is -1.94. The van der Waals surface area contributed by atoms with E-state index in [-0.39, 0.29) is 0 Å². The molecule has 0 aliphatic heterocycles. The summed E-state index contributed by atoms with van der Waals surface area (Å²) in [5, 5.41) is 5.10. The van der Waals surface area contributed by atoms with Crippen molar-refractivity contribution in [2.45, 2.75) is 25.3 Å². The maximum absolute atomic E-state index is 12.9. The Bertz CT molecular complexity index is 694. The summed E-state index contributed by atoms with van der Waals surface area (Å²) in [4.78, 5) is 1.29. The van der Waals surface area contributed by atoms with Crippen molar-refractivity contribution < 1.29 is 8.42 Å². The minimum absolute atomic E-state index is 0.430. The molecule has 2 rings (SSSR count). The third kappa shape index (κ3) is 3.28. The highest BCUT2D eigenvalue weighted by atomic mass is 32.2. The van der Waals surface area contributed by atoms with E-state index in [1.165, 1.54) is 15.6 Å². The zero-order chi connectivity index (χ0) is 15.5. The Hall–Kier alpha value is -1.37. The number of hydrogen-bond acceptors (Lipinski definition) is 4. The zero-order valence-electron chi connectivity index (χ0n) is 12.5. The Labute approximate surface area is 130 Å². The van der Waals surface area contributed by atoms with Crippen LogP contribution in [0.15, 0.2) is 40.6 Å². The monoisotopic (exact) mass is 324 g/mol. The van der Waals surface area contributed by atoms with Gasteiger partial charge in [-0.25, -0.2) is 8.42 Å².